The zero-order chi connectivity index (χ0) is 41.3. The minimum atomic E-state index is -1.20. The smallest absolute Gasteiger partial charge is 0.323 e. The van der Waals surface area contributed by atoms with Gasteiger partial charge < -0.3 is 45.9 Å². The van der Waals surface area contributed by atoms with E-state index in [-0.39, 0.29) is 94.3 Å². The number of nitrogens with zero attached hydrogens (tertiary/aromatic N) is 1. The Morgan fingerprint density at radius 3 is 2.11 bits per heavy atom. The van der Waals surface area contributed by atoms with E-state index >= 15 is 0 Å². The van der Waals surface area contributed by atoms with E-state index in [1.54, 1.807) is 11.8 Å². The molecule has 2 heterocycles. The van der Waals surface area contributed by atoms with Crippen molar-refractivity contribution in [2.24, 2.45) is 0 Å². The maximum Gasteiger partial charge on any atom is 0.323 e. The Kier molecular flexibility index (Phi) is 22.6. The second kappa shape index (κ2) is 26.8. The number of hydrogen-bond donors (Lipinski definition) is 6. The summed E-state index contributed by atoms with van der Waals surface area (Å²) < 4.78 is 15.3. The van der Waals surface area contributed by atoms with Crippen LogP contribution in [-0.4, -0.2) is 139 Å². The van der Waals surface area contributed by atoms with Crippen molar-refractivity contribution in [1.82, 2.24) is 31.5 Å². The molecule has 5 amide bonds. The van der Waals surface area contributed by atoms with E-state index in [9.17, 15) is 38.4 Å². The Bertz CT molecular complexity index is 1370. The number of rotatable bonds is 30. The van der Waals surface area contributed by atoms with E-state index in [0.29, 0.717) is 19.3 Å². The zero-order valence-electron chi connectivity index (χ0n) is 31.8. The van der Waals surface area contributed by atoms with Crippen LogP contribution in [0.2, 0.25) is 0 Å². The third-order valence-corrected chi connectivity index (χ3v) is 10.2. The van der Waals surface area contributed by atoms with E-state index in [1.807, 2.05) is 0 Å². The quantitative estimate of drug-likeness (QED) is 0.0193. The summed E-state index contributed by atoms with van der Waals surface area (Å²) in [7, 11) is 0. The van der Waals surface area contributed by atoms with Crippen LogP contribution in [0.25, 0.3) is 0 Å². The number of urea groups is 1. The highest BCUT2D eigenvalue weighted by Crippen LogP contribution is 2.33. The molecule has 5 atom stereocenters. The van der Waals surface area contributed by atoms with Crippen molar-refractivity contribution in [3.63, 3.8) is 0 Å². The molecule has 18 nitrogen and oxygen atoms in total. The lowest BCUT2D eigenvalue weighted by atomic mass is 10.0. The van der Waals surface area contributed by atoms with Gasteiger partial charge in [-0.2, -0.15) is 11.8 Å². The van der Waals surface area contributed by atoms with Gasteiger partial charge in [-0.25, -0.2) is 4.79 Å². The van der Waals surface area contributed by atoms with Crippen molar-refractivity contribution in [3.8, 4) is 0 Å². The molecule has 0 saturated carbocycles. The fraction of sp³-hybridized carbons (Fsp3) is 0.622. The summed E-state index contributed by atoms with van der Waals surface area (Å²) in [6.07, 6.45) is 6.94. The number of aliphatic carboxylic acids is 1. The summed E-state index contributed by atoms with van der Waals surface area (Å²) in [6.45, 7) is 9.31. The Morgan fingerprint density at radius 2 is 1.46 bits per heavy atom. The van der Waals surface area contributed by atoms with E-state index < -0.39 is 60.9 Å². The average molecular weight is 809 g/mol. The Morgan fingerprint density at radius 1 is 0.804 bits per heavy atom. The van der Waals surface area contributed by atoms with Crippen molar-refractivity contribution in [1.29, 1.82) is 0 Å². The normalized spacial score (nSPS) is 17.9. The molecule has 0 aromatic carbocycles. The molecule has 0 radical (unpaired) electrons. The fourth-order valence-electron chi connectivity index (χ4n) is 5.97. The number of amides is 5. The van der Waals surface area contributed by atoms with Crippen LogP contribution in [0.1, 0.15) is 64.2 Å². The van der Waals surface area contributed by atoms with Gasteiger partial charge in [-0.05, 0) is 38.5 Å². The van der Waals surface area contributed by atoms with Gasteiger partial charge in [0.2, 0.25) is 17.7 Å². The van der Waals surface area contributed by atoms with E-state index in [0.717, 1.165) is 18.6 Å². The molecule has 0 bridgehead atoms. The SMILES string of the molecule is C=CCOC(=O)CN(CC(=O)OCC=C)[C@@H](CCC(=O)NCCCC[C@H](NC(=O)CCCCC1SCC2NC(=O)NC21)C(=O)NCCC(=O)O)C(=O)OCC=C. The largest absolute Gasteiger partial charge is 0.481 e. The lowest BCUT2D eigenvalue weighted by Crippen LogP contribution is -2.48. The molecule has 2 fully saturated rings. The van der Waals surface area contributed by atoms with Crippen molar-refractivity contribution < 1.29 is 57.7 Å². The van der Waals surface area contributed by atoms with Crippen molar-refractivity contribution in [3.05, 3.63) is 38.0 Å². The van der Waals surface area contributed by atoms with Crippen LogP contribution < -0.4 is 26.6 Å². The number of carboxylic acid groups (broad SMARTS) is 1. The minimum absolute atomic E-state index is 0.0771. The summed E-state index contributed by atoms with van der Waals surface area (Å²) in [5, 5.41) is 23.1. The van der Waals surface area contributed by atoms with E-state index in [4.69, 9.17) is 19.3 Å². The van der Waals surface area contributed by atoms with Crippen molar-refractivity contribution >= 4 is 59.4 Å². The number of carbonyl (C=O) groups excluding carboxylic acids is 7. The molecule has 6 N–H and O–H groups in total. The Balaban J connectivity index is 1.89. The monoisotopic (exact) mass is 808 g/mol. The van der Waals surface area contributed by atoms with Gasteiger partial charge in [-0.1, -0.05) is 44.4 Å². The van der Waals surface area contributed by atoms with Crippen LogP contribution in [0, 0.1) is 0 Å². The summed E-state index contributed by atoms with van der Waals surface area (Å²) in [5.74, 6) is -3.76. The molecular weight excluding hydrogens is 753 g/mol. The number of nitrogens with one attached hydrogen (secondary N) is 5. The molecule has 2 rings (SSSR count). The first kappa shape index (κ1) is 47.2. The number of hydrogen-bond acceptors (Lipinski definition) is 13. The van der Waals surface area contributed by atoms with Crippen LogP contribution >= 0.6 is 11.8 Å². The van der Waals surface area contributed by atoms with Gasteiger partial charge in [-0.15, -0.1) is 0 Å². The minimum Gasteiger partial charge on any atom is -0.481 e. The molecule has 312 valence electrons. The first-order chi connectivity index (χ1) is 26.9. The van der Waals surface area contributed by atoms with Gasteiger partial charge in [0.05, 0.1) is 31.6 Å². The van der Waals surface area contributed by atoms with Crippen LogP contribution in [0.3, 0.4) is 0 Å². The van der Waals surface area contributed by atoms with E-state index in [2.05, 4.69) is 46.3 Å². The van der Waals surface area contributed by atoms with Gasteiger partial charge in [0.25, 0.3) is 0 Å². The topological polar surface area (TPSA) is 248 Å². The standard InChI is InChI=1S/C37H56N6O12S/c1-4-19-53-32(48)22-43(23-33(49)54-20-5-2)27(36(51)55-21-6-3)14-15-29(44)38-17-10-9-11-25(35(50)39-18-16-31(46)47)40-30(45)13-8-7-12-28-34-26(24-56-28)41-37(52)42-34/h4-6,25-28,34H,1-3,7-24H2,(H,38,44)(H,39,50)(H,40,45)(H,46,47)(H2,41,42,52)/t25-,26?,27-,28?,34?/m0/s1. The predicted molar refractivity (Wildman–Crippen MR) is 206 cm³/mol. The van der Waals surface area contributed by atoms with Gasteiger partial charge in [-0.3, -0.25) is 38.5 Å². The van der Waals surface area contributed by atoms with Crippen LogP contribution in [0.4, 0.5) is 4.79 Å². The molecule has 3 unspecified atom stereocenters. The molecule has 2 saturated heterocycles. The molecular formula is C37H56N6O12S. The molecule has 2 aliphatic heterocycles. The zero-order valence-corrected chi connectivity index (χ0v) is 32.6. The number of unbranched alkanes of at least 4 members (excludes halogenated alkanes) is 2. The average Bonchev–Trinajstić information content (AvgIpc) is 3.71. The third-order valence-electron chi connectivity index (χ3n) is 8.70. The highest BCUT2D eigenvalue weighted by Gasteiger charge is 2.42. The first-order valence-corrected chi connectivity index (χ1v) is 19.7. The third kappa shape index (κ3) is 18.6. The van der Waals surface area contributed by atoms with Crippen molar-refractivity contribution in [2.75, 3.05) is 51.8 Å². The highest BCUT2D eigenvalue weighted by molar-refractivity contribution is 8.00. The number of ether oxygens (including phenoxy) is 3. The lowest BCUT2D eigenvalue weighted by molar-refractivity contribution is -0.155. The number of thioether (sulfide) groups is 1. The van der Waals surface area contributed by atoms with Gasteiger partial charge in [0.15, 0.2) is 0 Å². The van der Waals surface area contributed by atoms with Crippen LogP contribution in [-0.2, 0) is 47.8 Å². The Labute approximate surface area is 331 Å². The number of carbonyl (C=O) groups is 8. The van der Waals surface area contributed by atoms with Crippen LogP contribution in [0.5, 0.6) is 0 Å². The predicted octanol–water partition coefficient (Wildman–Crippen LogP) is 0.713. The second-order valence-electron chi connectivity index (χ2n) is 13.1. The maximum absolute atomic E-state index is 13.0. The summed E-state index contributed by atoms with van der Waals surface area (Å²) in [6, 6.07) is -2.07. The summed E-state index contributed by atoms with van der Waals surface area (Å²) in [5.41, 5.74) is 0. The highest BCUT2D eigenvalue weighted by atomic mass is 32.2. The molecule has 0 aromatic rings. The Hall–Kier alpha value is -4.91. The maximum atomic E-state index is 13.0. The van der Waals surface area contributed by atoms with Gasteiger partial charge >= 0.3 is 29.9 Å². The summed E-state index contributed by atoms with van der Waals surface area (Å²) >= 11 is 1.79. The summed E-state index contributed by atoms with van der Waals surface area (Å²) in [4.78, 5) is 100. The molecule has 56 heavy (non-hydrogen) atoms. The molecule has 0 aromatic heterocycles. The van der Waals surface area contributed by atoms with Gasteiger partial charge in [0.1, 0.15) is 31.9 Å². The molecule has 19 heteroatoms. The second-order valence-corrected chi connectivity index (χ2v) is 14.4. The number of carboxylic acids is 1. The first-order valence-electron chi connectivity index (χ1n) is 18.7. The van der Waals surface area contributed by atoms with Gasteiger partial charge in [0, 0.05) is 36.9 Å². The van der Waals surface area contributed by atoms with Crippen LogP contribution in [0.15, 0.2) is 38.0 Å². The molecule has 2 aliphatic rings. The lowest BCUT2D eigenvalue weighted by Gasteiger charge is -2.28. The molecule has 0 spiro atoms. The fourth-order valence-corrected chi connectivity index (χ4v) is 7.52. The number of esters is 3. The van der Waals surface area contributed by atoms with Crippen molar-refractivity contribution in [2.45, 2.75) is 93.6 Å². The van der Waals surface area contributed by atoms with E-state index in [1.165, 1.54) is 23.1 Å². The number of fused-ring (bicyclic) bond motifs is 1. The molecule has 0 aliphatic carbocycles.